The van der Waals surface area contributed by atoms with Crippen molar-refractivity contribution in [2.45, 2.75) is 25.9 Å². The summed E-state index contributed by atoms with van der Waals surface area (Å²) in [6, 6.07) is 9.15. The van der Waals surface area contributed by atoms with Crippen LogP contribution in [0, 0.1) is 12.7 Å². The molecule has 1 unspecified atom stereocenters. The van der Waals surface area contributed by atoms with E-state index < -0.39 is 12.0 Å². The van der Waals surface area contributed by atoms with E-state index in [1.165, 1.54) is 19.2 Å². The number of rotatable bonds is 6. The molecule has 1 saturated heterocycles. The first-order chi connectivity index (χ1) is 14.9. The highest BCUT2D eigenvalue weighted by Crippen LogP contribution is 2.28. The maximum absolute atomic E-state index is 13.8. The fourth-order valence-electron chi connectivity index (χ4n) is 3.68. The monoisotopic (exact) mass is 426 g/mol. The molecule has 0 spiro atoms. The fraction of sp³-hybridized carbons (Fsp3) is 0.318. The van der Waals surface area contributed by atoms with E-state index in [2.05, 4.69) is 10.4 Å². The van der Waals surface area contributed by atoms with Crippen LogP contribution in [0.15, 0.2) is 47.0 Å². The Hall–Kier alpha value is -3.46. The third-order valence-electron chi connectivity index (χ3n) is 5.24. The smallest absolute Gasteiger partial charge is 0.307 e. The van der Waals surface area contributed by atoms with Gasteiger partial charge in [0.05, 0.1) is 19.2 Å². The van der Waals surface area contributed by atoms with Gasteiger partial charge in [-0.1, -0.05) is 6.07 Å². The molecule has 1 N–H and O–H groups in total. The van der Waals surface area contributed by atoms with E-state index in [1.54, 1.807) is 23.0 Å². The third kappa shape index (κ3) is 4.51. The van der Waals surface area contributed by atoms with Crippen LogP contribution in [-0.2, 0) is 20.9 Å². The molecule has 3 aromatic rings. The topological polar surface area (TPSA) is 89.6 Å². The van der Waals surface area contributed by atoms with Crippen LogP contribution in [0.4, 0.5) is 4.39 Å². The molecule has 31 heavy (non-hydrogen) atoms. The van der Waals surface area contributed by atoms with Gasteiger partial charge in [-0.2, -0.15) is 5.10 Å². The van der Waals surface area contributed by atoms with E-state index in [1.807, 2.05) is 24.0 Å². The van der Waals surface area contributed by atoms with Crippen molar-refractivity contribution in [1.82, 2.24) is 20.0 Å². The molecule has 1 aliphatic heterocycles. The number of nitrogens with one attached hydrogen (secondary N) is 1. The summed E-state index contributed by atoms with van der Waals surface area (Å²) in [5.41, 5.74) is 1.96. The zero-order chi connectivity index (χ0) is 22.0. The van der Waals surface area contributed by atoms with Crippen molar-refractivity contribution in [1.29, 1.82) is 0 Å². The van der Waals surface area contributed by atoms with Crippen LogP contribution in [0.5, 0.6) is 0 Å². The Morgan fingerprint density at radius 2 is 2.19 bits per heavy atom. The van der Waals surface area contributed by atoms with Gasteiger partial charge in [0.2, 0.25) is 5.91 Å². The number of ether oxygens (including phenoxy) is 1. The lowest BCUT2D eigenvalue weighted by Crippen LogP contribution is -2.55. The predicted octanol–water partition coefficient (Wildman–Crippen LogP) is 2.44. The third-order valence-corrected chi connectivity index (χ3v) is 5.24. The van der Waals surface area contributed by atoms with Gasteiger partial charge in [0.15, 0.2) is 5.76 Å². The van der Waals surface area contributed by atoms with Gasteiger partial charge in [-0.15, -0.1) is 0 Å². The highest BCUT2D eigenvalue weighted by atomic mass is 19.1. The molecule has 4 rings (SSSR count). The minimum Gasteiger partial charge on any atom is -0.469 e. The van der Waals surface area contributed by atoms with E-state index in [4.69, 9.17) is 9.15 Å². The second kappa shape index (κ2) is 8.73. The minimum atomic E-state index is -0.648. The number of aryl methyl sites for hydroxylation is 1. The molecule has 3 heterocycles. The SMILES string of the molecule is COC(=O)CC1C(=O)NCCN1Cc1cn(-c2cccc(F)c2)nc1-c1ccc(C)o1. The maximum Gasteiger partial charge on any atom is 0.307 e. The zero-order valence-corrected chi connectivity index (χ0v) is 17.3. The molecule has 9 heteroatoms. The number of aromatic nitrogens is 2. The van der Waals surface area contributed by atoms with Gasteiger partial charge in [0.25, 0.3) is 0 Å². The molecule has 1 atom stereocenters. The number of carbonyl (C=O) groups excluding carboxylic acids is 2. The van der Waals surface area contributed by atoms with Crippen molar-refractivity contribution in [3.05, 3.63) is 59.7 Å². The number of carbonyl (C=O) groups is 2. The van der Waals surface area contributed by atoms with Gasteiger partial charge in [-0.05, 0) is 37.3 Å². The number of hydrogen-bond donors (Lipinski definition) is 1. The van der Waals surface area contributed by atoms with Crippen LogP contribution < -0.4 is 5.32 Å². The lowest BCUT2D eigenvalue weighted by Gasteiger charge is -2.34. The molecule has 1 fully saturated rings. The second-order valence-electron chi connectivity index (χ2n) is 7.40. The van der Waals surface area contributed by atoms with E-state index in [9.17, 15) is 14.0 Å². The molecule has 0 aliphatic carbocycles. The Kier molecular flexibility index (Phi) is 5.85. The fourth-order valence-corrected chi connectivity index (χ4v) is 3.68. The first kappa shape index (κ1) is 20.8. The van der Waals surface area contributed by atoms with Crippen molar-refractivity contribution in [3.63, 3.8) is 0 Å². The van der Waals surface area contributed by atoms with E-state index in [0.29, 0.717) is 36.8 Å². The Balaban J connectivity index is 1.70. The summed E-state index contributed by atoms with van der Waals surface area (Å²) in [6.07, 6.45) is 1.75. The average molecular weight is 426 g/mol. The lowest BCUT2D eigenvalue weighted by molar-refractivity contribution is -0.146. The number of hydrogen-bond acceptors (Lipinski definition) is 6. The molecular formula is C22H23FN4O4. The summed E-state index contributed by atoms with van der Waals surface area (Å²) in [5.74, 6) is 0.278. The number of furan rings is 1. The summed E-state index contributed by atoms with van der Waals surface area (Å²) in [5, 5.41) is 7.42. The molecule has 0 bridgehead atoms. The van der Waals surface area contributed by atoms with Crippen molar-refractivity contribution in [2.24, 2.45) is 0 Å². The standard InChI is InChI=1S/C22H23FN4O4/c1-14-6-7-19(31-14)21-15(13-27(25-21)17-5-3-4-16(23)10-17)12-26-9-8-24-22(29)18(26)11-20(28)30-2/h3-7,10,13,18H,8-9,11-12H2,1-2H3,(H,24,29). The summed E-state index contributed by atoms with van der Waals surface area (Å²) < 4.78 is 25.9. The first-order valence-corrected chi connectivity index (χ1v) is 9.94. The van der Waals surface area contributed by atoms with Gasteiger partial charge in [-0.3, -0.25) is 14.5 Å². The van der Waals surface area contributed by atoms with E-state index in [0.717, 1.165) is 11.3 Å². The summed E-state index contributed by atoms with van der Waals surface area (Å²) in [4.78, 5) is 26.2. The van der Waals surface area contributed by atoms with Gasteiger partial charge >= 0.3 is 5.97 Å². The van der Waals surface area contributed by atoms with Gasteiger partial charge in [-0.25, -0.2) is 9.07 Å². The molecule has 8 nitrogen and oxygen atoms in total. The van der Waals surface area contributed by atoms with Crippen LogP contribution in [-0.4, -0.2) is 52.8 Å². The molecule has 0 saturated carbocycles. The number of nitrogens with zero attached hydrogens (tertiary/aromatic N) is 3. The summed E-state index contributed by atoms with van der Waals surface area (Å²) >= 11 is 0. The molecule has 162 valence electrons. The minimum absolute atomic E-state index is 0.0461. The number of benzene rings is 1. The van der Waals surface area contributed by atoms with Crippen LogP contribution in [0.3, 0.4) is 0 Å². The number of esters is 1. The molecule has 2 aromatic heterocycles. The number of amides is 1. The van der Waals surface area contributed by atoms with Crippen molar-refractivity contribution >= 4 is 11.9 Å². The van der Waals surface area contributed by atoms with Crippen molar-refractivity contribution < 1.29 is 23.1 Å². The Morgan fingerprint density at radius 1 is 1.35 bits per heavy atom. The van der Waals surface area contributed by atoms with E-state index in [-0.39, 0.29) is 18.1 Å². The normalized spacial score (nSPS) is 16.9. The predicted molar refractivity (Wildman–Crippen MR) is 110 cm³/mol. The highest BCUT2D eigenvalue weighted by Gasteiger charge is 2.33. The molecule has 1 aliphatic rings. The number of piperazine rings is 1. The second-order valence-corrected chi connectivity index (χ2v) is 7.40. The first-order valence-electron chi connectivity index (χ1n) is 9.94. The largest absolute Gasteiger partial charge is 0.469 e. The van der Waals surface area contributed by atoms with Gasteiger partial charge in [0, 0.05) is 31.4 Å². The summed E-state index contributed by atoms with van der Waals surface area (Å²) in [6.45, 7) is 3.24. The number of methoxy groups -OCH3 is 1. The van der Waals surface area contributed by atoms with Crippen LogP contribution in [0.2, 0.25) is 0 Å². The maximum atomic E-state index is 13.8. The van der Waals surface area contributed by atoms with Gasteiger partial charge < -0.3 is 14.5 Å². The number of halogens is 1. The Labute approximate surface area is 178 Å². The molecular weight excluding hydrogens is 403 g/mol. The highest BCUT2D eigenvalue weighted by molar-refractivity contribution is 5.87. The quantitative estimate of drug-likeness (QED) is 0.609. The molecule has 1 aromatic carbocycles. The average Bonchev–Trinajstić information content (AvgIpc) is 3.36. The Morgan fingerprint density at radius 3 is 2.90 bits per heavy atom. The van der Waals surface area contributed by atoms with Crippen molar-refractivity contribution in [2.75, 3.05) is 20.2 Å². The van der Waals surface area contributed by atoms with Crippen LogP contribution in [0.1, 0.15) is 17.7 Å². The Bertz CT molecular complexity index is 1110. The van der Waals surface area contributed by atoms with Crippen LogP contribution >= 0.6 is 0 Å². The van der Waals surface area contributed by atoms with E-state index >= 15 is 0 Å². The lowest BCUT2D eigenvalue weighted by atomic mass is 10.1. The van der Waals surface area contributed by atoms with Crippen LogP contribution in [0.25, 0.3) is 17.1 Å². The van der Waals surface area contributed by atoms with Gasteiger partial charge in [0.1, 0.15) is 23.3 Å². The van der Waals surface area contributed by atoms with Crippen molar-refractivity contribution in [3.8, 4) is 17.1 Å². The molecule has 0 radical (unpaired) electrons. The molecule has 1 amide bonds. The zero-order valence-electron chi connectivity index (χ0n) is 17.3. The summed E-state index contributed by atoms with van der Waals surface area (Å²) in [7, 11) is 1.30.